The summed E-state index contributed by atoms with van der Waals surface area (Å²) in [7, 11) is 0. The lowest BCUT2D eigenvalue weighted by Crippen LogP contribution is -2.17. The first-order chi connectivity index (χ1) is 6.68. The monoisotopic (exact) mass is 195 g/mol. The summed E-state index contributed by atoms with van der Waals surface area (Å²) in [6.45, 7) is 7.58. The van der Waals surface area contributed by atoms with Gasteiger partial charge in [-0.25, -0.2) is 4.99 Å². The van der Waals surface area contributed by atoms with Crippen molar-refractivity contribution in [2.45, 2.75) is 46.1 Å². The van der Waals surface area contributed by atoms with Gasteiger partial charge < -0.3 is 4.74 Å². The number of aliphatic imine (C=N–C) groups is 1. The maximum Gasteiger partial charge on any atom is 0.187 e. The first-order valence-corrected chi connectivity index (χ1v) is 5.89. The fourth-order valence-electron chi connectivity index (χ4n) is 2.47. The van der Waals surface area contributed by atoms with E-state index in [1.807, 2.05) is 0 Å². The van der Waals surface area contributed by atoms with E-state index >= 15 is 0 Å². The zero-order valence-electron chi connectivity index (χ0n) is 9.49. The minimum absolute atomic E-state index is 0.415. The molecule has 0 aromatic heterocycles. The summed E-state index contributed by atoms with van der Waals surface area (Å²) >= 11 is 0. The van der Waals surface area contributed by atoms with Gasteiger partial charge in [0.1, 0.15) is 6.61 Å². The van der Waals surface area contributed by atoms with Gasteiger partial charge in [-0.05, 0) is 24.7 Å². The Bertz CT molecular complexity index is 234. The van der Waals surface area contributed by atoms with E-state index < -0.39 is 0 Å². The molecule has 14 heavy (non-hydrogen) atoms. The highest BCUT2D eigenvalue weighted by Gasteiger charge is 2.33. The van der Waals surface area contributed by atoms with Crippen LogP contribution in [0.5, 0.6) is 0 Å². The van der Waals surface area contributed by atoms with Crippen molar-refractivity contribution in [2.24, 2.45) is 22.7 Å². The van der Waals surface area contributed by atoms with Gasteiger partial charge in [0.2, 0.25) is 0 Å². The Morgan fingerprint density at radius 2 is 2.14 bits per heavy atom. The quantitative estimate of drug-likeness (QED) is 0.664. The van der Waals surface area contributed by atoms with Crippen LogP contribution in [0.4, 0.5) is 0 Å². The molecular formula is C12H21NO. The first-order valence-electron chi connectivity index (χ1n) is 5.89. The second-order valence-electron chi connectivity index (χ2n) is 5.10. The van der Waals surface area contributed by atoms with Crippen LogP contribution >= 0.6 is 0 Å². The molecule has 0 aromatic rings. The normalized spacial score (nSPS) is 37.4. The number of rotatable bonds is 2. The number of ether oxygens (including phenoxy) is 1. The van der Waals surface area contributed by atoms with Gasteiger partial charge in [-0.1, -0.05) is 27.2 Å². The third-order valence-electron chi connectivity index (χ3n) is 3.64. The number of hydrogen-bond acceptors (Lipinski definition) is 2. The maximum atomic E-state index is 5.73. The average molecular weight is 195 g/mol. The van der Waals surface area contributed by atoms with Crippen molar-refractivity contribution in [2.75, 3.05) is 6.61 Å². The summed E-state index contributed by atoms with van der Waals surface area (Å²) < 4.78 is 5.73. The van der Waals surface area contributed by atoms with E-state index in [9.17, 15) is 0 Å². The van der Waals surface area contributed by atoms with Crippen LogP contribution in [0.15, 0.2) is 4.99 Å². The standard InChI is InChI=1S/C12H21NO/c1-8(2)11-7-14-12(13-11)10-6-4-5-9(10)3/h8-11H,4-7H2,1-3H3/t9?,10-,11?/m1/s1. The molecule has 2 nitrogen and oxygen atoms in total. The van der Waals surface area contributed by atoms with Crippen molar-refractivity contribution < 1.29 is 4.74 Å². The highest BCUT2D eigenvalue weighted by Crippen LogP contribution is 2.34. The summed E-state index contributed by atoms with van der Waals surface area (Å²) in [5, 5.41) is 0. The summed E-state index contributed by atoms with van der Waals surface area (Å²) in [4.78, 5) is 4.71. The summed E-state index contributed by atoms with van der Waals surface area (Å²) in [6.07, 6.45) is 3.98. The third-order valence-corrected chi connectivity index (χ3v) is 3.64. The van der Waals surface area contributed by atoms with Crippen molar-refractivity contribution in [3.8, 4) is 0 Å². The second-order valence-corrected chi connectivity index (χ2v) is 5.10. The molecule has 0 N–H and O–H groups in total. The van der Waals surface area contributed by atoms with E-state index in [0.29, 0.717) is 17.9 Å². The van der Waals surface area contributed by atoms with Gasteiger partial charge >= 0.3 is 0 Å². The van der Waals surface area contributed by atoms with Gasteiger partial charge in [-0.3, -0.25) is 0 Å². The van der Waals surface area contributed by atoms with Gasteiger partial charge in [0.25, 0.3) is 0 Å². The van der Waals surface area contributed by atoms with Crippen LogP contribution in [0.1, 0.15) is 40.0 Å². The largest absolute Gasteiger partial charge is 0.478 e. The minimum Gasteiger partial charge on any atom is -0.478 e. The molecule has 3 atom stereocenters. The molecule has 2 heteroatoms. The van der Waals surface area contributed by atoms with Gasteiger partial charge in [0.05, 0.1) is 6.04 Å². The van der Waals surface area contributed by atoms with Crippen molar-refractivity contribution in [3.05, 3.63) is 0 Å². The van der Waals surface area contributed by atoms with E-state index in [2.05, 4.69) is 20.8 Å². The van der Waals surface area contributed by atoms with Crippen LogP contribution in [-0.4, -0.2) is 18.5 Å². The Labute approximate surface area is 86.8 Å². The Hall–Kier alpha value is -0.530. The predicted octanol–water partition coefficient (Wildman–Crippen LogP) is 2.88. The lowest BCUT2D eigenvalue weighted by atomic mass is 9.98. The molecule has 2 rings (SSSR count). The molecule has 2 unspecified atom stereocenters. The maximum absolute atomic E-state index is 5.73. The Balaban J connectivity index is 2.02. The van der Waals surface area contributed by atoms with Gasteiger partial charge in [0.15, 0.2) is 5.90 Å². The fourth-order valence-corrected chi connectivity index (χ4v) is 2.47. The van der Waals surface area contributed by atoms with E-state index in [4.69, 9.17) is 9.73 Å². The molecule has 0 amide bonds. The zero-order chi connectivity index (χ0) is 10.1. The number of nitrogens with zero attached hydrogens (tertiary/aromatic N) is 1. The second kappa shape index (κ2) is 3.92. The molecule has 0 saturated heterocycles. The van der Waals surface area contributed by atoms with Crippen LogP contribution < -0.4 is 0 Å². The Kier molecular flexibility index (Phi) is 2.80. The lowest BCUT2D eigenvalue weighted by Gasteiger charge is -2.13. The average Bonchev–Trinajstić information content (AvgIpc) is 2.71. The molecule has 0 aromatic carbocycles. The summed E-state index contributed by atoms with van der Waals surface area (Å²) in [6, 6.07) is 0.415. The van der Waals surface area contributed by atoms with Crippen molar-refractivity contribution in [1.82, 2.24) is 0 Å². The molecule has 1 aliphatic carbocycles. The topological polar surface area (TPSA) is 21.6 Å². The molecule has 1 aliphatic heterocycles. The zero-order valence-corrected chi connectivity index (χ0v) is 9.49. The van der Waals surface area contributed by atoms with Crippen LogP contribution in [0.3, 0.4) is 0 Å². The smallest absolute Gasteiger partial charge is 0.187 e. The fraction of sp³-hybridized carbons (Fsp3) is 0.917. The molecule has 1 saturated carbocycles. The highest BCUT2D eigenvalue weighted by molar-refractivity contribution is 5.80. The lowest BCUT2D eigenvalue weighted by molar-refractivity contribution is 0.270. The van der Waals surface area contributed by atoms with E-state index in [1.54, 1.807) is 0 Å². The van der Waals surface area contributed by atoms with E-state index in [0.717, 1.165) is 18.4 Å². The van der Waals surface area contributed by atoms with Crippen LogP contribution in [0, 0.1) is 17.8 Å². The van der Waals surface area contributed by atoms with Crippen molar-refractivity contribution in [3.63, 3.8) is 0 Å². The first kappa shape index (κ1) is 10.0. The predicted molar refractivity (Wildman–Crippen MR) is 58.5 cm³/mol. The summed E-state index contributed by atoms with van der Waals surface area (Å²) in [5.74, 6) is 3.08. The van der Waals surface area contributed by atoms with Gasteiger partial charge in [0, 0.05) is 5.92 Å². The van der Waals surface area contributed by atoms with Gasteiger partial charge in [-0.15, -0.1) is 0 Å². The molecule has 0 radical (unpaired) electrons. The van der Waals surface area contributed by atoms with Crippen molar-refractivity contribution in [1.29, 1.82) is 0 Å². The highest BCUT2D eigenvalue weighted by atomic mass is 16.5. The van der Waals surface area contributed by atoms with Crippen LogP contribution in [0.2, 0.25) is 0 Å². The molecule has 0 spiro atoms. The summed E-state index contributed by atoms with van der Waals surface area (Å²) in [5.41, 5.74) is 0. The Morgan fingerprint density at radius 1 is 1.36 bits per heavy atom. The third kappa shape index (κ3) is 1.79. The van der Waals surface area contributed by atoms with E-state index in [1.165, 1.54) is 19.3 Å². The molecule has 2 aliphatic rings. The molecule has 1 fully saturated rings. The number of hydrogen-bond donors (Lipinski definition) is 0. The minimum atomic E-state index is 0.415. The molecular weight excluding hydrogens is 174 g/mol. The molecule has 80 valence electrons. The SMILES string of the molecule is CC(C)C1COC([C@@H]2CCCC2C)=N1. The Morgan fingerprint density at radius 3 is 2.64 bits per heavy atom. The molecule has 0 bridgehead atoms. The van der Waals surface area contributed by atoms with Crippen molar-refractivity contribution >= 4 is 5.90 Å². The van der Waals surface area contributed by atoms with E-state index in [-0.39, 0.29) is 0 Å². The van der Waals surface area contributed by atoms with Gasteiger partial charge in [-0.2, -0.15) is 0 Å². The van der Waals surface area contributed by atoms with Crippen LogP contribution in [0.25, 0.3) is 0 Å². The molecule has 1 heterocycles. The van der Waals surface area contributed by atoms with Crippen LogP contribution in [-0.2, 0) is 4.74 Å².